The van der Waals surface area contributed by atoms with Crippen LogP contribution in [0.4, 0.5) is 0 Å². The van der Waals surface area contributed by atoms with Crippen LogP contribution in [0.2, 0.25) is 0 Å². The minimum atomic E-state index is -0.180. The molecule has 1 aliphatic carbocycles. The molecule has 1 saturated carbocycles. The van der Waals surface area contributed by atoms with E-state index >= 15 is 0 Å². The molecule has 0 atom stereocenters. The summed E-state index contributed by atoms with van der Waals surface area (Å²) >= 11 is 0. The maximum Gasteiger partial charge on any atom is 0.0963 e. The largest absolute Gasteiger partial charge is 0.387 e. The second kappa shape index (κ2) is 5.64. The predicted molar refractivity (Wildman–Crippen MR) is 66.8 cm³/mol. The highest BCUT2D eigenvalue weighted by Gasteiger charge is 2.30. The molecule has 0 aliphatic heterocycles. The molecule has 16 heavy (non-hydrogen) atoms. The van der Waals surface area contributed by atoms with Crippen LogP contribution in [0, 0.1) is 10.8 Å². The van der Waals surface area contributed by atoms with Crippen molar-refractivity contribution in [2.75, 3.05) is 26.8 Å². The molecular weight excluding hydrogens is 202 g/mol. The average molecular weight is 227 g/mol. The Morgan fingerprint density at radius 2 is 2.06 bits per heavy atom. The molecular formula is C12H25N3O. The van der Waals surface area contributed by atoms with Gasteiger partial charge in [0.05, 0.1) is 12.4 Å². The van der Waals surface area contributed by atoms with E-state index in [2.05, 4.69) is 4.90 Å². The van der Waals surface area contributed by atoms with E-state index in [-0.39, 0.29) is 11.3 Å². The minimum Gasteiger partial charge on any atom is -0.387 e. The number of nitrogens with zero attached hydrogens (tertiary/aromatic N) is 1. The minimum absolute atomic E-state index is 0.180. The van der Waals surface area contributed by atoms with Gasteiger partial charge in [-0.3, -0.25) is 10.3 Å². The molecule has 0 aromatic carbocycles. The van der Waals surface area contributed by atoms with Crippen molar-refractivity contribution in [1.82, 2.24) is 4.90 Å². The van der Waals surface area contributed by atoms with Gasteiger partial charge in [-0.15, -0.1) is 0 Å². The standard InChI is InChI=1S/C12H25N3O/c1-12(2,11(13)14)6-7-15(8-9-16-3)10-4-5-10/h10H,4-9H2,1-3H3,(H3,13,14). The van der Waals surface area contributed by atoms with E-state index in [9.17, 15) is 0 Å². The lowest BCUT2D eigenvalue weighted by molar-refractivity contribution is 0.137. The van der Waals surface area contributed by atoms with Crippen molar-refractivity contribution in [2.45, 2.75) is 39.2 Å². The molecule has 0 heterocycles. The van der Waals surface area contributed by atoms with Gasteiger partial charge in [0.1, 0.15) is 0 Å². The molecule has 0 aromatic heterocycles. The van der Waals surface area contributed by atoms with Gasteiger partial charge in [0, 0.05) is 25.1 Å². The molecule has 1 fully saturated rings. The fraction of sp³-hybridized carbons (Fsp3) is 0.917. The summed E-state index contributed by atoms with van der Waals surface area (Å²) in [7, 11) is 1.74. The molecule has 94 valence electrons. The summed E-state index contributed by atoms with van der Waals surface area (Å²) in [6, 6.07) is 0.748. The van der Waals surface area contributed by atoms with Crippen LogP contribution in [-0.2, 0) is 4.74 Å². The third-order valence-electron chi connectivity index (χ3n) is 3.40. The van der Waals surface area contributed by atoms with Crippen molar-refractivity contribution in [3.05, 3.63) is 0 Å². The van der Waals surface area contributed by atoms with Crippen LogP contribution >= 0.6 is 0 Å². The SMILES string of the molecule is COCCN(CCC(C)(C)C(=N)N)C1CC1. The van der Waals surface area contributed by atoms with E-state index in [1.807, 2.05) is 13.8 Å². The van der Waals surface area contributed by atoms with E-state index in [1.54, 1.807) is 7.11 Å². The third kappa shape index (κ3) is 4.10. The lowest BCUT2D eigenvalue weighted by atomic mass is 9.88. The van der Waals surface area contributed by atoms with Crippen molar-refractivity contribution < 1.29 is 4.74 Å². The molecule has 0 amide bonds. The van der Waals surface area contributed by atoms with Gasteiger partial charge < -0.3 is 10.5 Å². The van der Waals surface area contributed by atoms with Crippen LogP contribution in [0.15, 0.2) is 0 Å². The summed E-state index contributed by atoms with van der Waals surface area (Å²) in [5.41, 5.74) is 5.41. The van der Waals surface area contributed by atoms with Gasteiger partial charge in [-0.1, -0.05) is 13.8 Å². The molecule has 4 nitrogen and oxygen atoms in total. The van der Waals surface area contributed by atoms with Crippen LogP contribution < -0.4 is 5.73 Å². The first-order valence-electron chi connectivity index (χ1n) is 6.05. The molecule has 1 aliphatic rings. The molecule has 3 N–H and O–H groups in total. The number of rotatable bonds is 8. The van der Waals surface area contributed by atoms with Crippen LogP contribution in [0.25, 0.3) is 0 Å². The van der Waals surface area contributed by atoms with Gasteiger partial charge in [-0.2, -0.15) is 0 Å². The Morgan fingerprint density at radius 3 is 2.50 bits per heavy atom. The quantitative estimate of drug-likeness (QED) is 0.487. The van der Waals surface area contributed by atoms with Crippen molar-refractivity contribution >= 4 is 5.84 Å². The number of amidine groups is 1. The Bertz CT molecular complexity index is 236. The fourth-order valence-electron chi connectivity index (χ4n) is 1.68. The molecule has 0 aromatic rings. The van der Waals surface area contributed by atoms with Crippen molar-refractivity contribution in [2.24, 2.45) is 11.1 Å². The smallest absolute Gasteiger partial charge is 0.0963 e. The Balaban J connectivity index is 2.34. The van der Waals surface area contributed by atoms with Gasteiger partial charge >= 0.3 is 0 Å². The molecule has 0 bridgehead atoms. The molecule has 0 saturated heterocycles. The highest BCUT2D eigenvalue weighted by atomic mass is 16.5. The van der Waals surface area contributed by atoms with Crippen LogP contribution in [0.3, 0.4) is 0 Å². The van der Waals surface area contributed by atoms with Gasteiger partial charge in [-0.25, -0.2) is 0 Å². The summed E-state index contributed by atoms with van der Waals surface area (Å²) in [5, 5.41) is 7.54. The summed E-state index contributed by atoms with van der Waals surface area (Å²) in [4.78, 5) is 2.47. The second-order valence-corrected chi connectivity index (χ2v) is 5.31. The van der Waals surface area contributed by atoms with E-state index in [0.29, 0.717) is 0 Å². The lowest BCUT2D eigenvalue weighted by Crippen LogP contribution is -2.37. The first kappa shape index (κ1) is 13.5. The summed E-state index contributed by atoms with van der Waals surface area (Å²) < 4.78 is 5.12. The summed E-state index contributed by atoms with van der Waals surface area (Å²) in [6.45, 7) is 6.88. The number of methoxy groups -OCH3 is 1. The van der Waals surface area contributed by atoms with Crippen molar-refractivity contribution in [3.8, 4) is 0 Å². The Labute approximate surface area is 98.6 Å². The normalized spacial score (nSPS) is 16.8. The number of hydrogen-bond donors (Lipinski definition) is 2. The zero-order valence-electron chi connectivity index (χ0n) is 10.8. The van der Waals surface area contributed by atoms with E-state index < -0.39 is 0 Å². The van der Waals surface area contributed by atoms with Gasteiger partial charge in [0.2, 0.25) is 0 Å². The van der Waals surface area contributed by atoms with Gasteiger partial charge in [0.25, 0.3) is 0 Å². The van der Waals surface area contributed by atoms with E-state index in [0.717, 1.165) is 32.2 Å². The summed E-state index contributed by atoms with van der Waals surface area (Å²) in [5.74, 6) is 0.287. The number of nitrogens with two attached hydrogens (primary N) is 1. The number of ether oxygens (including phenoxy) is 1. The topological polar surface area (TPSA) is 62.3 Å². The molecule has 0 radical (unpaired) electrons. The average Bonchev–Trinajstić information content (AvgIpc) is 3.01. The zero-order chi connectivity index (χ0) is 12.2. The highest BCUT2D eigenvalue weighted by Crippen LogP contribution is 2.29. The first-order chi connectivity index (χ1) is 7.47. The van der Waals surface area contributed by atoms with Crippen molar-refractivity contribution in [3.63, 3.8) is 0 Å². The number of nitrogens with one attached hydrogen (secondary N) is 1. The van der Waals surface area contributed by atoms with Crippen molar-refractivity contribution in [1.29, 1.82) is 5.41 Å². The molecule has 0 unspecified atom stereocenters. The van der Waals surface area contributed by atoms with Gasteiger partial charge in [-0.05, 0) is 25.8 Å². The van der Waals surface area contributed by atoms with Gasteiger partial charge in [0.15, 0.2) is 0 Å². The van der Waals surface area contributed by atoms with Crippen LogP contribution in [-0.4, -0.2) is 43.6 Å². The molecule has 1 rings (SSSR count). The van der Waals surface area contributed by atoms with E-state index in [4.69, 9.17) is 15.9 Å². The first-order valence-corrected chi connectivity index (χ1v) is 6.05. The Kier molecular flexibility index (Phi) is 4.74. The second-order valence-electron chi connectivity index (χ2n) is 5.31. The van der Waals surface area contributed by atoms with Crippen LogP contribution in [0.5, 0.6) is 0 Å². The zero-order valence-corrected chi connectivity index (χ0v) is 10.8. The number of hydrogen-bond acceptors (Lipinski definition) is 3. The lowest BCUT2D eigenvalue weighted by Gasteiger charge is -2.28. The Hall–Kier alpha value is -0.610. The van der Waals surface area contributed by atoms with Crippen LogP contribution in [0.1, 0.15) is 33.1 Å². The third-order valence-corrected chi connectivity index (χ3v) is 3.40. The monoisotopic (exact) mass is 227 g/mol. The summed E-state index contributed by atoms with van der Waals surface area (Å²) in [6.07, 6.45) is 3.57. The highest BCUT2D eigenvalue weighted by molar-refractivity contribution is 5.82. The predicted octanol–water partition coefficient (Wildman–Crippen LogP) is 1.45. The Morgan fingerprint density at radius 1 is 1.44 bits per heavy atom. The maximum absolute atomic E-state index is 7.54. The molecule has 4 heteroatoms. The fourth-order valence-corrected chi connectivity index (χ4v) is 1.68. The van der Waals surface area contributed by atoms with E-state index in [1.165, 1.54) is 12.8 Å². The molecule has 0 spiro atoms. The maximum atomic E-state index is 7.54.